The summed E-state index contributed by atoms with van der Waals surface area (Å²) in [6.07, 6.45) is 4.26. The van der Waals surface area contributed by atoms with E-state index < -0.39 is 21.1 Å². The van der Waals surface area contributed by atoms with Crippen LogP contribution in [0.15, 0.2) is 29.2 Å². The molecule has 1 heterocycles. The minimum atomic E-state index is -4.09. The maximum absolute atomic E-state index is 13.5. The molecule has 2 aliphatic rings. The Morgan fingerprint density at radius 2 is 1.87 bits per heavy atom. The molecule has 3 rings (SSSR count). The number of carbonyl (C=O) groups excluding carboxylic acids is 1. The van der Waals surface area contributed by atoms with Crippen molar-refractivity contribution in [3.63, 3.8) is 0 Å². The molecule has 2 N–H and O–H groups in total. The molecule has 10 nitrogen and oxygen atoms in total. The van der Waals surface area contributed by atoms with E-state index in [2.05, 4.69) is 5.32 Å². The normalized spacial score (nSPS) is 23.7. The molecule has 1 saturated heterocycles. The number of aliphatic hydroxyl groups is 1. The molecule has 38 heavy (non-hydrogen) atoms. The highest BCUT2D eigenvalue weighted by molar-refractivity contribution is 7.89. The van der Waals surface area contributed by atoms with E-state index in [9.17, 15) is 28.4 Å². The van der Waals surface area contributed by atoms with Gasteiger partial charge in [-0.15, -0.1) is 0 Å². The Hall–Kier alpha value is -2.08. The molecule has 1 amide bonds. The Balaban J connectivity index is 1.80. The number of piperidine rings is 1. The Bertz CT molecular complexity index is 1090. The molecule has 0 bridgehead atoms. The molecule has 214 valence electrons. The van der Waals surface area contributed by atoms with E-state index in [1.54, 1.807) is 0 Å². The summed E-state index contributed by atoms with van der Waals surface area (Å²) < 4.78 is 28.2. The number of benzene rings is 1. The first-order valence-corrected chi connectivity index (χ1v) is 15.1. The van der Waals surface area contributed by atoms with Crippen LogP contribution in [0, 0.1) is 27.9 Å². The summed E-state index contributed by atoms with van der Waals surface area (Å²) in [5, 5.41) is 25.5. The molecule has 0 unspecified atom stereocenters. The molecule has 1 aliphatic carbocycles. The molecule has 0 spiro atoms. The fourth-order valence-electron chi connectivity index (χ4n) is 5.78. The highest BCUT2D eigenvalue weighted by Gasteiger charge is 2.41. The fourth-order valence-corrected chi connectivity index (χ4v) is 7.46. The van der Waals surface area contributed by atoms with Crippen LogP contribution in [-0.2, 0) is 14.8 Å². The number of rotatable bonds is 10. The van der Waals surface area contributed by atoms with Gasteiger partial charge in [0.1, 0.15) is 0 Å². The second-order valence-corrected chi connectivity index (χ2v) is 14.3. The molecule has 11 heteroatoms. The number of aliphatic hydroxyl groups excluding tert-OH is 1. The van der Waals surface area contributed by atoms with Crippen molar-refractivity contribution in [1.29, 1.82) is 0 Å². The highest BCUT2D eigenvalue weighted by Crippen LogP contribution is 2.39. The molecule has 1 aromatic rings. The number of β-amino-alcohol motifs (C(OH)–C–C–N with tert-alkyl or cyclic N) is 1. The standard InChI is InChI=1S/C27H44N4O6S/c1-19(2)15-30(38(36,37)24-12-8-11-22(14-24)31(34)35)18-23(32)17-29-16-21-10-7-6-9-20(21)13-25(29)26(33)28-27(3,4)5/h8,11-12,14,19-21,23,25,32H,6-7,9-10,13,15-18H2,1-5H3,(H,28,33)/t20-,21+,23+,25-/m0/s1. The summed E-state index contributed by atoms with van der Waals surface area (Å²) >= 11 is 0. The summed E-state index contributed by atoms with van der Waals surface area (Å²) in [5.41, 5.74) is -0.690. The third kappa shape index (κ3) is 7.97. The monoisotopic (exact) mass is 552 g/mol. The molecular formula is C27H44N4O6S. The number of nitro benzene ring substituents is 1. The molecule has 0 radical (unpaired) electrons. The minimum absolute atomic E-state index is 0.0287. The van der Waals surface area contributed by atoms with E-state index in [0.717, 1.165) is 25.3 Å². The topological polar surface area (TPSA) is 133 Å². The molecule has 1 saturated carbocycles. The van der Waals surface area contributed by atoms with Crippen LogP contribution in [0.25, 0.3) is 0 Å². The molecule has 1 aliphatic heterocycles. The van der Waals surface area contributed by atoms with Gasteiger partial charge >= 0.3 is 0 Å². The van der Waals surface area contributed by atoms with E-state index >= 15 is 0 Å². The first kappa shape index (κ1) is 30.5. The minimum Gasteiger partial charge on any atom is -0.390 e. The third-order valence-corrected chi connectivity index (χ3v) is 9.23. The number of nitrogens with one attached hydrogen (secondary N) is 1. The Morgan fingerprint density at radius 3 is 2.47 bits per heavy atom. The third-order valence-electron chi connectivity index (χ3n) is 7.40. The Labute approximate surface area is 227 Å². The van der Waals surface area contributed by atoms with Gasteiger partial charge in [-0.1, -0.05) is 39.2 Å². The smallest absolute Gasteiger partial charge is 0.270 e. The van der Waals surface area contributed by atoms with Crippen molar-refractivity contribution < 1.29 is 23.2 Å². The van der Waals surface area contributed by atoms with Crippen LogP contribution < -0.4 is 5.32 Å². The summed E-state index contributed by atoms with van der Waals surface area (Å²) in [7, 11) is -4.09. The summed E-state index contributed by atoms with van der Waals surface area (Å²) in [5.74, 6) is 0.866. The van der Waals surface area contributed by atoms with Crippen LogP contribution in [0.4, 0.5) is 5.69 Å². The number of hydrogen-bond acceptors (Lipinski definition) is 7. The van der Waals surface area contributed by atoms with Crippen molar-refractivity contribution in [1.82, 2.24) is 14.5 Å². The maximum Gasteiger partial charge on any atom is 0.270 e. The first-order chi connectivity index (χ1) is 17.7. The van der Waals surface area contributed by atoms with Gasteiger partial charge in [0.25, 0.3) is 5.69 Å². The molecule has 2 fully saturated rings. The highest BCUT2D eigenvalue weighted by atomic mass is 32.2. The number of likely N-dealkylation sites (tertiary alicyclic amines) is 1. The fraction of sp³-hybridized carbons (Fsp3) is 0.741. The molecule has 0 aromatic heterocycles. The number of nitrogens with zero attached hydrogens (tertiary/aromatic N) is 3. The van der Waals surface area contributed by atoms with Gasteiger partial charge in [0.05, 0.1) is 22.0 Å². The van der Waals surface area contributed by atoms with Crippen molar-refractivity contribution in [3.8, 4) is 0 Å². The van der Waals surface area contributed by atoms with Crippen molar-refractivity contribution >= 4 is 21.6 Å². The SMILES string of the molecule is CC(C)CN(C[C@H](O)CN1C[C@H]2CCCC[C@H]2C[C@H]1C(=O)NC(C)(C)C)S(=O)(=O)c1cccc([N+](=O)[O-])c1. The van der Waals surface area contributed by atoms with Gasteiger partial charge in [-0.2, -0.15) is 4.31 Å². The van der Waals surface area contributed by atoms with E-state index in [1.165, 1.54) is 35.3 Å². The van der Waals surface area contributed by atoms with E-state index in [-0.39, 0.29) is 53.6 Å². The van der Waals surface area contributed by atoms with Crippen molar-refractivity contribution in [2.45, 2.75) is 89.3 Å². The number of amides is 1. The lowest BCUT2D eigenvalue weighted by molar-refractivity contribution is -0.385. The quantitative estimate of drug-likeness (QED) is 0.336. The lowest BCUT2D eigenvalue weighted by Gasteiger charge is -2.46. The van der Waals surface area contributed by atoms with Gasteiger partial charge in [0.2, 0.25) is 15.9 Å². The van der Waals surface area contributed by atoms with Crippen molar-refractivity contribution in [3.05, 3.63) is 34.4 Å². The number of carbonyl (C=O) groups is 1. The predicted molar refractivity (Wildman–Crippen MR) is 146 cm³/mol. The van der Waals surface area contributed by atoms with Gasteiger partial charge in [-0.25, -0.2) is 8.42 Å². The lowest BCUT2D eigenvalue weighted by atomic mass is 9.72. The van der Waals surface area contributed by atoms with Crippen LogP contribution in [0.2, 0.25) is 0 Å². The number of non-ortho nitro benzene ring substituents is 1. The van der Waals surface area contributed by atoms with Crippen LogP contribution in [0.3, 0.4) is 0 Å². The Kier molecular flexibility index (Phi) is 9.94. The second-order valence-electron chi connectivity index (χ2n) is 12.4. The largest absolute Gasteiger partial charge is 0.390 e. The predicted octanol–water partition coefficient (Wildman–Crippen LogP) is 3.40. The van der Waals surface area contributed by atoms with Crippen molar-refractivity contribution in [2.75, 3.05) is 26.2 Å². The molecular weight excluding hydrogens is 508 g/mol. The molecule has 1 aromatic carbocycles. The van der Waals surface area contributed by atoms with Gasteiger partial charge < -0.3 is 10.4 Å². The van der Waals surface area contributed by atoms with E-state index in [1.807, 2.05) is 39.5 Å². The average Bonchev–Trinajstić information content (AvgIpc) is 2.81. The average molecular weight is 553 g/mol. The lowest BCUT2D eigenvalue weighted by Crippen LogP contribution is -2.59. The first-order valence-electron chi connectivity index (χ1n) is 13.7. The van der Waals surface area contributed by atoms with E-state index in [0.29, 0.717) is 18.4 Å². The number of fused-ring (bicyclic) bond motifs is 1. The number of nitro groups is 1. The van der Waals surface area contributed by atoms with E-state index in [4.69, 9.17) is 0 Å². The second kappa shape index (κ2) is 12.4. The zero-order valence-corrected chi connectivity index (χ0v) is 24.1. The van der Waals surface area contributed by atoms with Gasteiger partial charge in [-0.05, 0) is 57.4 Å². The van der Waals surface area contributed by atoms with Crippen LogP contribution >= 0.6 is 0 Å². The zero-order valence-electron chi connectivity index (χ0n) is 23.3. The zero-order chi connectivity index (χ0) is 28.3. The number of sulfonamides is 1. The number of hydrogen-bond donors (Lipinski definition) is 2. The molecule has 4 atom stereocenters. The van der Waals surface area contributed by atoms with Crippen LogP contribution in [0.5, 0.6) is 0 Å². The summed E-state index contributed by atoms with van der Waals surface area (Å²) in [4.78, 5) is 25.7. The van der Waals surface area contributed by atoms with Gasteiger partial charge in [0, 0.05) is 43.9 Å². The Morgan fingerprint density at radius 1 is 1.21 bits per heavy atom. The van der Waals surface area contributed by atoms with Crippen LogP contribution in [-0.4, -0.2) is 77.4 Å². The summed E-state index contributed by atoms with van der Waals surface area (Å²) in [6, 6.07) is 4.61. The van der Waals surface area contributed by atoms with Crippen LogP contribution in [0.1, 0.15) is 66.7 Å². The van der Waals surface area contributed by atoms with Crippen molar-refractivity contribution in [2.24, 2.45) is 17.8 Å². The van der Waals surface area contributed by atoms with Gasteiger partial charge in [-0.3, -0.25) is 19.8 Å². The maximum atomic E-state index is 13.5. The van der Waals surface area contributed by atoms with Gasteiger partial charge in [0.15, 0.2) is 0 Å². The summed E-state index contributed by atoms with van der Waals surface area (Å²) in [6.45, 7) is 10.4.